The number of nitrogens with zero attached hydrogens (tertiary/aromatic N) is 5. The Morgan fingerprint density at radius 1 is 0.949 bits per heavy atom. The predicted octanol–water partition coefficient (Wildman–Crippen LogP) is 3.46. The van der Waals surface area contributed by atoms with Crippen molar-refractivity contribution >= 4 is 42.8 Å². The number of aryl methyl sites for hydroxylation is 5. The number of aromatic nitrogens is 4. The summed E-state index contributed by atoms with van der Waals surface area (Å²) in [4.78, 5) is 30.0. The van der Waals surface area contributed by atoms with Gasteiger partial charge in [0.1, 0.15) is 16.3 Å². The number of halogens is 1. The second kappa shape index (κ2) is 12.4. The van der Waals surface area contributed by atoms with Gasteiger partial charge in [0.2, 0.25) is 5.75 Å². The molecule has 16 nitrogen and oxygen atoms in total. The Morgan fingerprint density at radius 2 is 1.51 bits per heavy atom. The van der Waals surface area contributed by atoms with Gasteiger partial charge in [0.15, 0.2) is 11.5 Å². The molecule has 1 unspecified atom stereocenters. The summed E-state index contributed by atoms with van der Waals surface area (Å²) in [5.74, 6) is -0.925. The zero-order valence-electron chi connectivity index (χ0n) is 21.0. The Kier molecular flexibility index (Phi) is 9.83. The molecule has 0 aliphatic rings. The molecule has 4 heterocycles. The monoisotopic (exact) mass is 602 g/mol. The molecule has 4 aromatic heterocycles. The molecule has 0 saturated heterocycles. The SMILES string of the molecule is Cc1noc(C)c1S(=O)(=O)Cl.[C-]#[N+]c1oc(=O)[nH]c1C.[C-]#[N+]c1oc(=O)n(S(=O)Oc2c(C)noc2C)c1C. The maximum Gasteiger partial charge on any atom is 0.420 e. The lowest BCUT2D eigenvalue weighted by molar-refractivity contribution is 0.389. The van der Waals surface area contributed by atoms with Crippen molar-refractivity contribution in [1.29, 1.82) is 0 Å². The highest BCUT2D eigenvalue weighted by Gasteiger charge is 2.22. The first-order valence-electron chi connectivity index (χ1n) is 10.2. The number of nitrogens with one attached hydrogen (secondary N) is 1. The first-order valence-corrected chi connectivity index (χ1v) is 13.5. The van der Waals surface area contributed by atoms with Crippen molar-refractivity contribution in [2.24, 2.45) is 0 Å². The predicted molar refractivity (Wildman–Crippen MR) is 133 cm³/mol. The second-order valence-electron chi connectivity index (χ2n) is 7.27. The number of aromatic amines is 1. The number of rotatable bonds is 4. The minimum atomic E-state index is -3.70. The second-order valence-corrected chi connectivity index (χ2v) is 10.7. The Labute approximate surface area is 226 Å². The summed E-state index contributed by atoms with van der Waals surface area (Å²) in [6.45, 7) is 22.5. The normalized spacial score (nSPS) is 11.3. The van der Waals surface area contributed by atoms with Crippen LogP contribution >= 0.6 is 10.7 Å². The van der Waals surface area contributed by atoms with E-state index in [4.69, 9.17) is 32.5 Å². The van der Waals surface area contributed by atoms with Gasteiger partial charge in [-0.3, -0.25) is 0 Å². The third kappa shape index (κ3) is 7.35. The molecule has 0 radical (unpaired) electrons. The summed E-state index contributed by atoms with van der Waals surface area (Å²) in [5, 5.41) is 7.08. The Hall–Kier alpha value is -4.39. The van der Waals surface area contributed by atoms with Crippen molar-refractivity contribution in [2.45, 2.75) is 46.4 Å². The molecule has 19 heteroatoms. The molecular formula is C20H19ClN6O10S2. The number of hydrogen-bond donors (Lipinski definition) is 1. The molecule has 0 amide bonds. The van der Waals surface area contributed by atoms with Gasteiger partial charge < -0.3 is 27.0 Å². The van der Waals surface area contributed by atoms with Crippen molar-refractivity contribution < 1.29 is 34.7 Å². The van der Waals surface area contributed by atoms with E-state index in [2.05, 4.69) is 38.3 Å². The average Bonchev–Trinajstić information content (AvgIpc) is 3.55. The fourth-order valence-electron chi connectivity index (χ4n) is 2.73. The molecule has 0 spiro atoms. The molecule has 4 aromatic rings. The summed E-state index contributed by atoms with van der Waals surface area (Å²) in [5.41, 5.74) is 1.31. The molecule has 0 saturated carbocycles. The van der Waals surface area contributed by atoms with Gasteiger partial charge in [0, 0.05) is 17.6 Å². The minimum Gasteiger partial charge on any atom is -0.434 e. The van der Waals surface area contributed by atoms with Crippen LogP contribution in [0.1, 0.15) is 34.3 Å². The van der Waals surface area contributed by atoms with Crippen molar-refractivity contribution in [1.82, 2.24) is 19.3 Å². The molecule has 0 fully saturated rings. The fraction of sp³-hybridized carbons (Fsp3) is 0.300. The molecule has 0 bridgehead atoms. The van der Waals surface area contributed by atoms with E-state index in [1.165, 1.54) is 20.8 Å². The van der Waals surface area contributed by atoms with E-state index in [9.17, 15) is 22.2 Å². The van der Waals surface area contributed by atoms with Gasteiger partial charge in [-0.25, -0.2) is 18.0 Å². The van der Waals surface area contributed by atoms with Gasteiger partial charge in [-0.1, -0.05) is 10.3 Å². The maximum absolute atomic E-state index is 12.0. The minimum absolute atomic E-state index is 0.0285. The highest BCUT2D eigenvalue weighted by atomic mass is 35.7. The van der Waals surface area contributed by atoms with Crippen LogP contribution in [0.3, 0.4) is 0 Å². The van der Waals surface area contributed by atoms with Crippen LogP contribution in [-0.2, 0) is 20.3 Å². The lowest BCUT2D eigenvalue weighted by atomic mass is 10.4. The third-order valence-corrected chi connectivity index (χ3v) is 7.01. The molecule has 1 N–H and O–H groups in total. The summed E-state index contributed by atoms with van der Waals surface area (Å²) in [7, 11) is 1.38. The van der Waals surface area contributed by atoms with Crippen molar-refractivity contribution in [3.05, 3.63) is 78.2 Å². The van der Waals surface area contributed by atoms with Crippen LogP contribution in [0.2, 0.25) is 0 Å². The van der Waals surface area contributed by atoms with Gasteiger partial charge >= 0.3 is 34.5 Å². The first kappa shape index (κ1) is 30.8. The van der Waals surface area contributed by atoms with Crippen LogP contribution in [0.5, 0.6) is 5.75 Å². The van der Waals surface area contributed by atoms with Crippen LogP contribution in [0.25, 0.3) is 9.69 Å². The van der Waals surface area contributed by atoms with E-state index < -0.39 is 31.8 Å². The van der Waals surface area contributed by atoms with E-state index in [0.29, 0.717) is 17.1 Å². The highest BCUT2D eigenvalue weighted by Crippen LogP contribution is 2.24. The fourth-order valence-corrected chi connectivity index (χ4v) is 5.07. The van der Waals surface area contributed by atoms with E-state index in [0.717, 1.165) is 3.97 Å². The highest BCUT2D eigenvalue weighted by molar-refractivity contribution is 8.13. The summed E-state index contributed by atoms with van der Waals surface area (Å²) < 4.78 is 58.0. The van der Waals surface area contributed by atoms with Crippen LogP contribution in [0, 0.1) is 54.7 Å². The number of hydrogen-bond acceptors (Lipinski definition) is 12. The van der Waals surface area contributed by atoms with Crippen LogP contribution in [0.4, 0.5) is 11.8 Å². The Morgan fingerprint density at radius 3 is 1.85 bits per heavy atom. The largest absolute Gasteiger partial charge is 0.434 e. The lowest BCUT2D eigenvalue weighted by Crippen LogP contribution is -2.23. The van der Waals surface area contributed by atoms with E-state index >= 15 is 0 Å². The van der Waals surface area contributed by atoms with E-state index in [1.807, 2.05) is 0 Å². The molecule has 0 aliphatic carbocycles. The van der Waals surface area contributed by atoms with Gasteiger partial charge in [0.05, 0.1) is 24.5 Å². The molecule has 0 aliphatic heterocycles. The smallest absolute Gasteiger partial charge is 0.420 e. The molecule has 0 aromatic carbocycles. The van der Waals surface area contributed by atoms with Gasteiger partial charge in [0.25, 0.3) is 9.05 Å². The number of oxazole rings is 2. The standard InChI is InChI=1S/C10H9N3O5S.C5H6ClNO3S.C5H4N2O2/c1-5-8(7(3)17-12-5)18-19(15)13-6(2)9(11-4)16-10(13)14;1-3-5(11(6,8)9)4(2)10-7-3;1-3-4(6-2)9-5(8)7-3/h1-3H3;1-2H3;1H3,(H,7,8). The first-order chi connectivity index (χ1) is 18.1. The van der Waals surface area contributed by atoms with Crippen LogP contribution in [0.15, 0.2) is 32.4 Å². The lowest BCUT2D eigenvalue weighted by Gasteiger charge is -2.04. The average molecular weight is 603 g/mol. The zero-order valence-corrected chi connectivity index (χ0v) is 23.4. The summed E-state index contributed by atoms with van der Waals surface area (Å²) in [6, 6.07) is 0. The van der Waals surface area contributed by atoms with E-state index in [1.54, 1.807) is 20.8 Å². The third-order valence-electron chi connectivity index (χ3n) is 4.45. The topological polar surface area (TPSA) is 202 Å². The molecule has 208 valence electrons. The van der Waals surface area contributed by atoms with E-state index in [-0.39, 0.29) is 39.6 Å². The molecule has 39 heavy (non-hydrogen) atoms. The summed E-state index contributed by atoms with van der Waals surface area (Å²) in [6.07, 6.45) is 0. The molecular weight excluding hydrogens is 584 g/mol. The van der Waals surface area contributed by atoms with Crippen molar-refractivity contribution in [3.8, 4) is 5.75 Å². The quantitative estimate of drug-likeness (QED) is 0.263. The van der Waals surface area contributed by atoms with Crippen molar-refractivity contribution in [3.63, 3.8) is 0 Å². The van der Waals surface area contributed by atoms with Gasteiger partial charge in [-0.05, 0) is 34.6 Å². The zero-order chi connectivity index (χ0) is 29.7. The Balaban J connectivity index is 0.000000226. The van der Waals surface area contributed by atoms with Crippen molar-refractivity contribution in [2.75, 3.05) is 0 Å². The van der Waals surface area contributed by atoms with Gasteiger partial charge in [-0.15, -0.1) is 0 Å². The maximum atomic E-state index is 12.0. The Bertz CT molecular complexity index is 1790. The number of H-pyrrole nitrogens is 1. The van der Waals surface area contributed by atoms with Crippen LogP contribution < -0.4 is 15.7 Å². The molecule has 1 atom stereocenters. The van der Waals surface area contributed by atoms with Crippen LogP contribution in [-0.4, -0.2) is 31.9 Å². The van der Waals surface area contributed by atoms with Gasteiger partial charge in [-0.2, -0.15) is 17.9 Å². The summed E-state index contributed by atoms with van der Waals surface area (Å²) >= 11 is -2.17. The molecule has 4 rings (SSSR count).